The Hall–Kier alpha value is -2.82. The summed E-state index contributed by atoms with van der Waals surface area (Å²) in [5.41, 5.74) is 3.05. The number of fused-ring (bicyclic) bond motifs is 1. The van der Waals surface area contributed by atoms with Gasteiger partial charge in [0, 0.05) is 18.8 Å². The molecule has 2 aromatic rings. The number of anilines is 1. The van der Waals surface area contributed by atoms with Gasteiger partial charge in [0.25, 0.3) is 0 Å². The van der Waals surface area contributed by atoms with E-state index < -0.39 is 11.8 Å². The maximum atomic E-state index is 12.5. The van der Waals surface area contributed by atoms with Gasteiger partial charge in [0.15, 0.2) is 0 Å². The summed E-state index contributed by atoms with van der Waals surface area (Å²) in [5.74, 6) is -0.237. The van der Waals surface area contributed by atoms with Crippen LogP contribution in [0, 0.1) is 0 Å². The molecule has 2 aromatic carbocycles. The molecule has 0 spiro atoms. The summed E-state index contributed by atoms with van der Waals surface area (Å²) >= 11 is 0. The molecule has 25 heavy (non-hydrogen) atoms. The summed E-state index contributed by atoms with van der Waals surface area (Å²) in [5, 5.41) is 2.73. The van der Waals surface area contributed by atoms with Gasteiger partial charge in [-0.3, -0.25) is 9.59 Å². The van der Waals surface area contributed by atoms with E-state index in [-0.39, 0.29) is 0 Å². The van der Waals surface area contributed by atoms with E-state index in [4.69, 9.17) is 4.74 Å². The molecule has 1 aliphatic rings. The van der Waals surface area contributed by atoms with Gasteiger partial charge in [0.2, 0.25) is 0 Å². The van der Waals surface area contributed by atoms with Crippen molar-refractivity contribution in [2.45, 2.75) is 19.3 Å². The minimum atomic E-state index is -0.551. The van der Waals surface area contributed by atoms with Crippen molar-refractivity contribution in [2.75, 3.05) is 25.1 Å². The van der Waals surface area contributed by atoms with Gasteiger partial charge < -0.3 is 15.0 Å². The maximum Gasteiger partial charge on any atom is 0.316 e. The number of hydrogen-bond acceptors (Lipinski definition) is 3. The fourth-order valence-electron chi connectivity index (χ4n) is 3.06. The third-order valence-electron chi connectivity index (χ3n) is 4.41. The molecule has 5 heteroatoms. The summed E-state index contributed by atoms with van der Waals surface area (Å²) in [4.78, 5) is 26.3. The molecule has 0 radical (unpaired) electrons. The Morgan fingerprint density at radius 2 is 1.88 bits per heavy atom. The van der Waals surface area contributed by atoms with Crippen molar-refractivity contribution < 1.29 is 14.3 Å². The monoisotopic (exact) mass is 338 g/mol. The number of nitrogens with one attached hydrogen (secondary N) is 1. The average molecular weight is 338 g/mol. The predicted molar refractivity (Wildman–Crippen MR) is 96.8 cm³/mol. The molecule has 1 heterocycles. The molecule has 0 saturated carbocycles. The minimum absolute atomic E-state index is 0.423. The quantitative estimate of drug-likeness (QED) is 0.871. The first kappa shape index (κ1) is 17.0. The number of benzene rings is 2. The van der Waals surface area contributed by atoms with Crippen LogP contribution in [0.15, 0.2) is 48.5 Å². The van der Waals surface area contributed by atoms with E-state index in [0.717, 1.165) is 35.4 Å². The zero-order valence-corrected chi connectivity index (χ0v) is 14.3. The van der Waals surface area contributed by atoms with Gasteiger partial charge >= 0.3 is 11.8 Å². The van der Waals surface area contributed by atoms with Crippen molar-refractivity contribution in [3.05, 3.63) is 59.7 Å². The van der Waals surface area contributed by atoms with Gasteiger partial charge in [-0.2, -0.15) is 0 Å². The van der Waals surface area contributed by atoms with Gasteiger partial charge in [-0.05, 0) is 48.6 Å². The number of ether oxygens (including phenoxy) is 1. The van der Waals surface area contributed by atoms with Crippen molar-refractivity contribution >= 4 is 17.5 Å². The molecule has 130 valence electrons. The lowest BCUT2D eigenvalue weighted by Crippen LogP contribution is -2.45. The lowest BCUT2D eigenvalue weighted by atomic mass is 10.0. The Kier molecular flexibility index (Phi) is 5.33. The van der Waals surface area contributed by atoms with Gasteiger partial charge in [0.05, 0.1) is 7.11 Å². The van der Waals surface area contributed by atoms with Crippen LogP contribution >= 0.6 is 0 Å². The van der Waals surface area contributed by atoms with Gasteiger partial charge in [0.1, 0.15) is 5.75 Å². The largest absolute Gasteiger partial charge is 0.497 e. The van der Waals surface area contributed by atoms with E-state index in [1.807, 2.05) is 48.5 Å². The molecule has 0 fully saturated rings. The van der Waals surface area contributed by atoms with Crippen LogP contribution in [-0.4, -0.2) is 32.0 Å². The second-order valence-electron chi connectivity index (χ2n) is 6.04. The van der Waals surface area contributed by atoms with Crippen LogP contribution in [0.3, 0.4) is 0 Å². The summed E-state index contributed by atoms with van der Waals surface area (Å²) in [6, 6.07) is 15.4. The fraction of sp³-hybridized carbons (Fsp3) is 0.300. The second-order valence-corrected chi connectivity index (χ2v) is 6.04. The molecule has 0 aromatic heterocycles. The third kappa shape index (κ3) is 3.99. The number of aryl methyl sites for hydroxylation is 1. The summed E-state index contributed by atoms with van der Waals surface area (Å²) in [6.07, 6.45) is 2.49. The number of para-hydroxylation sites is 1. The van der Waals surface area contributed by atoms with Crippen LogP contribution in [-0.2, 0) is 22.4 Å². The predicted octanol–water partition coefficient (Wildman–Crippen LogP) is 2.33. The highest BCUT2D eigenvalue weighted by atomic mass is 16.5. The zero-order chi connectivity index (χ0) is 17.6. The first-order chi connectivity index (χ1) is 12.2. The molecular weight excluding hydrogens is 316 g/mol. The third-order valence-corrected chi connectivity index (χ3v) is 4.41. The first-order valence-electron chi connectivity index (χ1n) is 8.49. The number of hydrogen-bond donors (Lipinski definition) is 1. The zero-order valence-electron chi connectivity index (χ0n) is 14.3. The molecule has 0 atom stereocenters. The van der Waals surface area contributed by atoms with Crippen LogP contribution in [0.1, 0.15) is 17.5 Å². The average Bonchev–Trinajstić information content (AvgIpc) is 2.67. The number of methoxy groups -OCH3 is 1. The van der Waals surface area contributed by atoms with Crippen molar-refractivity contribution in [3.63, 3.8) is 0 Å². The molecule has 3 rings (SSSR count). The van der Waals surface area contributed by atoms with Crippen LogP contribution in [0.25, 0.3) is 0 Å². The Morgan fingerprint density at radius 1 is 1.12 bits per heavy atom. The SMILES string of the molecule is COc1ccc(CCNC(=O)C(=O)N2CCCc3ccccc32)cc1. The molecule has 1 N–H and O–H groups in total. The van der Waals surface area contributed by atoms with Crippen LogP contribution < -0.4 is 15.0 Å². The number of carbonyl (C=O) groups is 2. The van der Waals surface area contributed by atoms with E-state index >= 15 is 0 Å². The smallest absolute Gasteiger partial charge is 0.316 e. The fourth-order valence-corrected chi connectivity index (χ4v) is 3.06. The second kappa shape index (κ2) is 7.83. The highest BCUT2D eigenvalue weighted by Gasteiger charge is 2.26. The lowest BCUT2D eigenvalue weighted by Gasteiger charge is -2.28. The number of carbonyl (C=O) groups excluding carboxylic acids is 2. The van der Waals surface area contributed by atoms with Crippen molar-refractivity contribution in [2.24, 2.45) is 0 Å². The van der Waals surface area contributed by atoms with E-state index in [1.54, 1.807) is 12.0 Å². The van der Waals surface area contributed by atoms with E-state index in [2.05, 4.69) is 5.32 Å². The normalized spacial score (nSPS) is 13.1. The molecule has 0 aliphatic carbocycles. The summed E-state index contributed by atoms with van der Waals surface area (Å²) < 4.78 is 5.12. The van der Waals surface area contributed by atoms with Crippen molar-refractivity contribution in [1.82, 2.24) is 5.32 Å². The highest BCUT2D eigenvalue weighted by molar-refractivity contribution is 6.40. The Labute approximate surface area is 147 Å². The molecule has 0 unspecified atom stereocenters. The molecule has 1 aliphatic heterocycles. The standard InChI is InChI=1S/C20H22N2O3/c1-25-17-10-8-15(9-11-17)12-13-21-19(23)20(24)22-14-4-6-16-5-2-3-7-18(16)22/h2-3,5,7-11H,4,6,12-14H2,1H3,(H,21,23). The van der Waals surface area contributed by atoms with Crippen molar-refractivity contribution in [3.8, 4) is 5.75 Å². The summed E-state index contributed by atoms with van der Waals surface area (Å²) in [6.45, 7) is 1.01. The molecule has 5 nitrogen and oxygen atoms in total. The number of nitrogens with zero attached hydrogens (tertiary/aromatic N) is 1. The van der Waals surface area contributed by atoms with E-state index in [0.29, 0.717) is 19.5 Å². The molecular formula is C20H22N2O3. The minimum Gasteiger partial charge on any atom is -0.497 e. The Bertz CT molecular complexity index is 756. The number of rotatable bonds is 4. The number of amides is 2. The van der Waals surface area contributed by atoms with Crippen LogP contribution in [0.4, 0.5) is 5.69 Å². The van der Waals surface area contributed by atoms with Crippen molar-refractivity contribution in [1.29, 1.82) is 0 Å². The van der Waals surface area contributed by atoms with Crippen LogP contribution in [0.5, 0.6) is 5.75 Å². The van der Waals surface area contributed by atoms with Crippen LogP contribution in [0.2, 0.25) is 0 Å². The van der Waals surface area contributed by atoms with E-state index in [1.165, 1.54) is 0 Å². The maximum absolute atomic E-state index is 12.5. The van der Waals surface area contributed by atoms with Gasteiger partial charge in [-0.1, -0.05) is 30.3 Å². The highest BCUT2D eigenvalue weighted by Crippen LogP contribution is 2.26. The van der Waals surface area contributed by atoms with E-state index in [9.17, 15) is 9.59 Å². The summed E-state index contributed by atoms with van der Waals surface area (Å²) in [7, 11) is 1.62. The topological polar surface area (TPSA) is 58.6 Å². The lowest BCUT2D eigenvalue weighted by molar-refractivity contribution is -0.137. The Balaban J connectivity index is 1.55. The van der Waals surface area contributed by atoms with Gasteiger partial charge in [-0.15, -0.1) is 0 Å². The van der Waals surface area contributed by atoms with Gasteiger partial charge in [-0.25, -0.2) is 0 Å². The first-order valence-corrected chi connectivity index (χ1v) is 8.49. The molecule has 0 saturated heterocycles. The Morgan fingerprint density at radius 3 is 2.64 bits per heavy atom. The molecule has 0 bridgehead atoms. The molecule has 2 amide bonds.